The van der Waals surface area contributed by atoms with Gasteiger partial charge in [0.2, 0.25) is 16.6 Å². The number of hydroxylamine groups is 2. The number of β-lactam (4-membered cyclic amide) rings is 1. The molecule has 0 saturated carbocycles. The van der Waals surface area contributed by atoms with E-state index in [1.807, 2.05) is 10.9 Å². The van der Waals surface area contributed by atoms with Gasteiger partial charge in [-0.05, 0) is 115 Å². The Labute approximate surface area is 455 Å². The molecule has 0 unspecified atom stereocenters. The van der Waals surface area contributed by atoms with Crippen molar-refractivity contribution in [2.75, 3.05) is 31.6 Å². The quantitative estimate of drug-likeness (QED) is 0.0172. The summed E-state index contributed by atoms with van der Waals surface area (Å²) in [4.78, 5) is 109. The zero-order valence-corrected chi connectivity index (χ0v) is 47.5. The number of carbonyl (C=O) groups is 6. The van der Waals surface area contributed by atoms with Gasteiger partial charge in [-0.3, -0.25) is 24.7 Å². The lowest BCUT2D eigenvalue weighted by molar-refractivity contribution is -0.782. The van der Waals surface area contributed by atoms with Crippen LogP contribution in [0.5, 0.6) is 5.75 Å². The van der Waals surface area contributed by atoms with Gasteiger partial charge in [-0.15, -0.1) is 16.0 Å². The molecule has 30 heteroatoms. The number of ether oxygens (including phenoxy) is 3. The Morgan fingerprint density at radius 2 is 1.50 bits per heavy atom. The normalized spacial score (nSPS) is 16.9. The van der Waals surface area contributed by atoms with Gasteiger partial charge in [0.15, 0.2) is 17.4 Å². The van der Waals surface area contributed by atoms with Gasteiger partial charge in [0.05, 0.1) is 29.3 Å². The highest BCUT2D eigenvalue weighted by Gasteiger charge is 2.57. The molecule has 78 heavy (non-hydrogen) atoms. The first kappa shape index (κ1) is 62.1. The predicted octanol–water partition coefficient (Wildman–Crippen LogP) is 3.87. The van der Waals surface area contributed by atoms with Gasteiger partial charge in [-0.2, -0.15) is 23.8 Å². The molecule has 2 fully saturated rings. The molecule has 2 saturated heterocycles. The standard InChI is InChI=1S/C48H69N9O19S2/c1-44(2,3)69-39(61)34(71-53-35(33-27-77-40(50-33)52-42(63)73-75-47(10,11)12)37(59)51-36-38(60)57(48(36,13)14)76-78(65,66)67)26-68-32-17-15-29(16-18-32)30-23-55(22-28-20-54(21-28)43(64)70-45(4,5)6)56(24-30)25-31(58)19-49-41(62)72-74-46(7,8)9/h15-18,23-24,27-28,31,34,36,58H,19-22,25-26H2,1-14H3,(H3-,49,50,51,52,59,62,63,65,66,67)/b53-35-/t31-,34-,36+/m0/s1. The molecule has 2 aliphatic rings. The Morgan fingerprint density at radius 3 is 2.06 bits per heavy atom. The molecule has 0 bridgehead atoms. The van der Waals surface area contributed by atoms with Crippen LogP contribution in [0.3, 0.4) is 0 Å². The van der Waals surface area contributed by atoms with Crippen molar-refractivity contribution in [3.05, 3.63) is 47.7 Å². The number of amides is 5. The van der Waals surface area contributed by atoms with Crippen LogP contribution >= 0.6 is 11.3 Å². The summed E-state index contributed by atoms with van der Waals surface area (Å²) in [6, 6.07) is 5.23. The van der Waals surface area contributed by atoms with Crippen LogP contribution in [-0.4, -0.2) is 152 Å². The van der Waals surface area contributed by atoms with Crippen LogP contribution < -0.4 is 25.4 Å². The minimum absolute atomic E-state index is 0.0451. The Hall–Kier alpha value is -6.70. The van der Waals surface area contributed by atoms with Crippen LogP contribution in [0.4, 0.5) is 19.5 Å². The minimum atomic E-state index is -5.38. The van der Waals surface area contributed by atoms with Crippen molar-refractivity contribution in [2.24, 2.45) is 11.1 Å². The fourth-order valence-corrected chi connectivity index (χ4v) is 8.07. The molecule has 3 aromatic rings. The summed E-state index contributed by atoms with van der Waals surface area (Å²) < 4.78 is 59.1. The minimum Gasteiger partial charge on any atom is -0.724 e. The van der Waals surface area contributed by atoms with E-state index in [0.29, 0.717) is 25.2 Å². The maximum absolute atomic E-state index is 14.0. The molecule has 2 aromatic heterocycles. The number of likely N-dealkylation sites (tertiary alicyclic amines) is 1. The largest absolute Gasteiger partial charge is 0.724 e. The van der Waals surface area contributed by atoms with E-state index in [-0.39, 0.29) is 40.6 Å². The van der Waals surface area contributed by atoms with Crippen molar-refractivity contribution < 1.29 is 94.4 Å². The van der Waals surface area contributed by atoms with Crippen molar-refractivity contribution in [1.29, 1.82) is 0 Å². The number of aliphatic hydroxyl groups is 1. The number of thiazole rings is 1. The smallest absolute Gasteiger partial charge is 0.444 e. The number of benzene rings is 1. The number of oxime groups is 1. The molecule has 0 aliphatic carbocycles. The highest BCUT2D eigenvalue weighted by Crippen LogP contribution is 2.33. The highest BCUT2D eigenvalue weighted by molar-refractivity contribution is 7.80. The molecule has 0 spiro atoms. The van der Waals surface area contributed by atoms with Crippen LogP contribution in [0.2, 0.25) is 0 Å². The number of nitrogens with one attached hydrogen (secondary N) is 3. The molecule has 432 valence electrons. The van der Waals surface area contributed by atoms with Crippen LogP contribution in [0, 0.1) is 5.92 Å². The maximum atomic E-state index is 14.0. The fraction of sp³-hybridized carbons (Fsp3) is 0.604. The van der Waals surface area contributed by atoms with E-state index in [9.17, 15) is 46.8 Å². The molecule has 2 aliphatic heterocycles. The number of aliphatic hydroxyl groups excluding tert-OH is 1. The van der Waals surface area contributed by atoms with Crippen molar-refractivity contribution in [3.8, 4) is 16.9 Å². The summed E-state index contributed by atoms with van der Waals surface area (Å²) in [6.45, 7) is 23.5. The third kappa shape index (κ3) is 19.0. The lowest BCUT2D eigenvalue weighted by atomic mass is 9.84. The van der Waals surface area contributed by atoms with Gasteiger partial charge in [0.1, 0.15) is 53.0 Å². The second-order valence-corrected chi connectivity index (χ2v) is 24.4. The van der Waals surface area contributed by atoms with Gasteiger partial charge >= 0.3 is 24.2 Å². The summed E-state index contributed by atoms with van der Waals surface area (Å²) in [6.07, 6.45) is -1.42. The lowest BCUT2D eigenvalue weighted by Crippen LogP contribution is -2.76. The van der Waals surface area contributed by atoms with Crippen LogP contribution in [0.25, 0.3) is 11.1 Å². The highest BCUT2D eigenvalue weighted by atomic mass is 32.3. The first-order chi connectivity index (χ1) is 35.8. The number of hydrogen-bond acceptors (Lipinski definition) is 22. The number of esters is 1. The molecule has 4 heterocycles. The maximum Gasteiger partial charge on any atom is 0.444 e. The van der Waals surface area contributed by atoms with Gasteiger partial charge < -0.3 is 44.2 Å². The van der Waals surface area contributed by atoms with Crippen LogP contribution in [0.1, 0.15) is 103 Å². The Morgan fingerprint density at radius 1 is 0.897 bits per heavy atom. The fourth-order valence-electron chi connectivity index (χ4n) is 6.94. The SMILES string of the molecule is CC(C)(C)OOC(=O)NC[C@H](O)Cn1cc(-c2ccc(OC[C@H](O/N=C(\C(=O)N[C@@H]3C(=O)N(OS(=O)(=O)[O-])C3(C)C)c3csc(NC(=O)OOC(C)(C)C)n3)C(=O)OC(C)(C)C)cc2)c[n+]1CC1CN(C(=O)OC(C)(C)C)C1. The predicted molar refractivity (Wildman–Crippen MR) is 272 cm³/mol. The van der Waals surface area contributed by atoms with E-state index in [0.717, 1.165) is 16.9 Å². The summed E-state index contributed by atoms with van der Waals surface area (Å²) in [5, 5.41) is 23.7. The first-order valence-electron chi connectivity index (χ1n) is 24.4. The van der Waals surface area contributed by atoms with Crippen molar-refractivity contribution >= 4 is 68.6 Å². The number of hydrogen-bond donors (Lipinski definition) is 4. The number of rotatable bonds is 21. The summed E-state index contributed by atoms with van der Waals surface area (Å²) in [5.74, 6) is -2.90. The number of aromatic nitrogens is 3. The molecule has 5 rings (SSSR count). The van der Waals surface area contributed by atoms with Gasteiger partial charge in [-0.1, -0.05) is 17.3 Å². The molecule has 28 nitrogen and oxygen atoms in total. The topological polar surface area (TPSA) is 340 Å². The van der Waals surface area contributed by atoms with Crippen molar-refractivity contribution in [1.82, 2.24) is 30.3 Å². The number of carbonyl (C=O) groups excluding carboxylic acids is 6. The van der Waals surface area contributed by atoms with E-state index in [4.69, 9.17) is 38.6 Å². The van der Waals surface area contributed by atoms with E-state index >= 15 is 0 Å². The molecule has 3 atom stereocenters. The summed E-state index contributed by atoms with van der Waals surface area (Å²) in [5.41, 5.74) is -4.35. The first-order valence-corrected chi connectivity index (χ1v) is 26.6. The van der Waals surface area contributed by atoms with E-state index < -0.39 is 105 Å². The zero-order chi connectivity index (χ0) is 58.3. The molecular weight excluding hydrogens is 1070 g/mol. The van der Waals surface area contributed by atoms with Gasteiger partial charge in [0, 0.05) is 25.0 Å². The molecule has 4 N–H and O–H groups in total. The zero-order valence-electron chi connectivity index (χ0n) is 45.9. The van der Waals surface area contributed by atoms with Gasteiger partial charge in [-0.25, -0.2) is 32.6 Å². The van der Waals surface area contributed by atoms with E-state index in [2.05, 4.69) is 30.4 Å². The third-order valence-corrected chi connectivity index (χ3v) is 11.5. The van der Waals surface area contributed by atoms with Crippen LogP contribution in [-0.2, 0) is 76.0 Å². The summed E-state index contributed by atoms with van der Waals surface area (Å²) in [7, 11) is -5.38. The van der Waals surface area contributed by atoms with Crippen molar-refractivity contribution in [3.63, 3.8) is 0 Å². The average molecular weight is 1140 g/mol. The second kappa shape index (κ2) is 24.5. The van der Waals surface area contributed by atoms with Crippen molar-refractivity contribution in [2.45, 2.75) is 156 Å². The number of anilines is 1. The molecule has 1 aromatic carbocycles. The van der Waals surface area contributed by atoms with E-state index in [1.165, 1.54) is 19.2 Å². The Kier molecular flexibility index (Phi) is 19.5. The monoisotopic (exact) mass is 1140 g/mol. The summed E-state index contributed by atoms with van der Waals surface area (Å²) >= 11 is 0.815. The molecular formula is C48H69N9O19S2. The van der Waals surface area contributed by atoms with E-state index in [1.54, 1.807) is 123 Å². The third-order valence-electron chi connectivity index (χ3n) is 10.4. The van der Waals surface area contributed by atoms with Gasteiger partial charge in [0.25, 0.3) is 17.9 Å². The van der Waals surface area contributed by atoms with Crippen LogP contribution in [0.15, 0.2) is 47.2 Å². The average Bonchev–Trinajstić information content (AvgIpc) is 3.91. The Bertz CT molecular complexity index is 2780. The lowest BCUT2D eigenvalue weighted by Gasteiger charge is -2.51. The Balaban J connectivity index is 1.36. The number of nitrogens with zero attached hydrogens (tertiary/aromatic N) is 6. The molecule has 5 amide bonds. The second-order valence-electron chi connectivity index (χ2n) is 22.6. The molecule has 0 radical (unpaired) electrons.